The summed E-state index contributed by atoms with van der Waals surface area (Å²) in [4.78, 5) is 10.7. The highest BCUT2D eigenvalue weighted by atomic mass is 16.4. The number of carboxylic acid groups (broad SMARTS) is 1. The van der Waals surface area contributed by atoms with Crippen molar-refractivity contribution >= 4 is 11.7 Å². The summed E-state index contributed by atoms with van der Waals surface area (Å²) >= 11 is 0. The maximum absolute atomic E-state index is 10.7. The van der Waals surface area contributed by atoms with Gasteiger partial charge in [0.05, 0.1) is 5.56 Å². The van der Waals surface area contributed by atoms with Crippen molar-refractivity contribution in [2.75, 3.05) is 11.9 Å². The number of anilines is 1. The molecule has 3 heteroatoms. The highest BCUT2D eigenvalue weighted by Crippen LogP contribution is 2.31. The Hall–Kier alpha value is -1.51. The van der Waals surface area contributed by atoms with Gasteiger partial charge in [0.1, 0.15) is 0 Å². The largest absolute Gasteiger partial charge is 0.478 e. The van der Waals surface area contributed by atoms with E-state index in [1.54, 1.807) is 12.1 Å². The predicted octanol–water partition coefficient (Wildman–Crippen LogP) is 1.91. The fourth-order valence-electron chi connectivity index (χ4n) is 1.65. The molecule has 1 heterocycles. The molecule has 0 radical (unpaired) electrons. The molecule has 1 aromatic rings. The fraction of sp³-hybridized carbons (Fsp3) is 0.300. The Balaban J connectivity index is 2.45. The van der Waals surface area contributed by atoms with Gasteiger partial charge in [-0.3, -0.25) is 0 Å². The molecule has 3 nitrogen and oxygen atoms in total. The quantitative estimate of drug-likeness (QED) is 0.689. The van der Waals surface area contributed by atoms with E-state index in [0.29, 0.717) is 11.5 Å². The SMILES string of the molecule is CC1CNc2cc(C(=O)O)ccc21. The number of carboxylic acids is 1. The number of fused-ring (bicyclic) bond motifs is 1. The van der Waals surface area contributed by atoms with Gasteiger partial charge >= 0.3 is 5.97 Å². The minimum atomic E-state index is -0.871. The first kappa shape index (κ1) is 8.10. The zero-order valence-electron chi connectivity index (χ0n) is 7.37. The van der Waals surface area contributed by atoms with Crippen molar-refractivity contribution in [3.8, 4) is 0 Å². The molecule has 2 rings (SSSR count). The molecule has 0 spiro atoms. The van der Waals surface area contributed by atoms with Crippen molar-refractivity contribution in [3.05, 3.63) is 29.3 Å². The number of hydrogen-bond donors (Lipinski definition) is 2. The first-order valence-corrected chi connectivity index (χ1v) is 4.29. The van der Waals surface area contributed by atoms with Gasteiger partial charge in [0.25, 0.3) is 0 Å². The van der Waals surface area contributed by atoms with Gasteiger partial charge in [-0.1, -0.05) is 13.0 Å². The van der Waals surface area contributed by atoms with E-state index in [4.69, 9.17) is 5.11 Å². The lowest BCUT2D eigenvalue weighted by atomic mass is 10.0. The Bertz CT molecular complexity index is 360. The molecule has 2 N–H and O–H groups in total. The summed E-state index contributed by atoms with van der Waals surface area (Å²) in [5, 5.41) is 11.9. The second-order valence-corrected chi connectivity index (χ2v) is 3.39. The Labute approximate surface area is 76.4 Å². The molecule has 1 aliphatic rings. The Morgan fingerprint density at radius 1 is 1.62 bits per heavy atom. The van der Waals surface area contributed by atoms with Gasteiger partial charge in [0.2, 0.25) is 0 Å². The van der Waals surface area contributed by atoms with Crippen molar-refractivity contribution in [1.82, 2.24) is 0 Å². The Kier molecular flexibility index (Phi) is 1.72. The first-order chi connectivity index (χ1) is 6.18. The highest BCUT2D eigenvalue weighted by Gasteiger charge is 2.18. The maximum Gasteiger partial charge on any atom is 0.335 e. The summed E-state index contributed by atoms with van der Waals surface area (Å²) < 4.78 is 0. The van der Waals surface area contributed by atoms with E-state index >= 15 is 0 Å². The van der Waals surface area contributed by atoms with E-state index < -0.39 is 5.97 Å². The Morgan fingerprint density at radius 3 is 3.08 bits per heavy atom. The minimum absolute atomic E-state index is 0.348. The smallest absolute Gasteiger partial charge is 0.335 e. The van der Waals surface area contributed by atoms with Crippen LogP contribution in [0.25, 0.3) is 0 Å². The van der Waals surface area contributed by atoms with Crippen LogP contribution >= 0.6 is 0 Å². The van der Waals surface area contributed by atoms with E-state index in [9.17, 15) is 4.79 Å². The predicted molar refractivity (Wildman–Crippen MR) is 50.3 cm³/mol. The van der Waals surface area contributed by atoms with Gasteiger partial charge in [-0.25, -0.2) is 4.79 Å². The molecule has 1 aliphatic heterocycles. The van der Waals surface area contributed by atoms with Crippen molar-refractivity contribution in [2.24, 2.45) is 0 Å². The van der Waals surface area contributed by atoms with Crippen LogP contribution in [0.3, 0.4) is 0 Å². The van der Waals surface area contributed by atoms with Crippen LogP contribution in [-0.2, 0) is 0 Å². The molecule has 1 atom stereocenters. The molecular formula is C10H11NO2. The molecule has 0 aromatic heterocycles. The molecule has 1 aromatic carbocycles. The number of carbonyl (C=O) groups is 1. The average Bonchev–Trinajstić information content (AvgIpc) is 2.47. The van der Waals surface area contributed by atoms with Crippen molar-refractivity contribution in [1.29, 1.82) is 0 Å². The van der Waals surface area contributed by atoms with Crippen LogP contribution in [0.1, 0.15) is 28.8 Å². The van der Waals surface area contributed by atoms with Crippen LogP contribution < -0.4 is 5.32 Å². The van der Waals surface area contributed by atoms with Gasteiger partial charge in [-0.05, 0) is 17.7 Å². The van der Waals surface area contributed by atoms with E-state index in [-0.39, 0.29) is 0 Å². The van der Waals surface area contributed by atoms with Crippen LogP contribution in [0, 0.1) is 0 Å². The van der Waals surface area contributed by atoms with E-state index in [0.717, 1.165) is 12.2 Å². The lowest BCUT2D eigenvalue weighted by Crippen LogP contribution is -1.97. The second-order valence-electron chi connectivity index (χ2n) is 3.39. The average molecular weight is 177 g/mol. The van der Waals surface area contributed by atoms with Crippen LogP contribution in [0.15, 0.2) is 18.2 Å². The number of rotatable bonds is 1. The van der Waals surface area contributed by atoms with E-state index in [1.807, 2.05) is 6.07 Å². The van der Waals surface area contributed by atoms with Crippen molar-refractivity contribution < 1.29 is 9.90 Å². The summed E-state index contributed by atoms with van der Waals surface area (Å²) in [5.41, 5.74) is 2.53. The molecule has 1 unspecified atom stereocenters. The summed E-state index contributed by atoms with van der Waals surface area (Å²) in [6, 6.07) is 5.25. The summed E-state index contributed by atoms with van der Waals surface area (Å²) in [6.45, 7) is 3.03. The topological polar surface area (TPSA) is 49.3 Å². The lowest BCUT2D eigenvalue weighted by Gasteiger charge is -2.02. The van der Waals surface area contributed by atoms with Crippen LogP contribution in [0.5, 0.6) is 0 Å². The first-order valence-electron chi connectivity index (χ1n) is 4.29. The van der Waals surface area contributed by atoms with Crippen molar-refractivity contribution in [2.45, 2.75) is 12.8 Å². The molecule has 0 fully saturated rings. The number of benzene rings is 1. The summed E-state index contributed by atoms with van der Waals surface area (Å²) in [7, 11) is 0. The zero-order chi connectivity index (χ0) is 9.42. The molecule has 13 heavy (non-hydrogen) atoms. The van der Waals surface area contributed by atoms with Gasteiger partial charge in [0, 0.05) is 18.2 Å². The summed E-state index contributed by atoms with van der Waals surface area (Å²) in [5.74, 6) is -0.387. The van der Waals surface area contributed by atoms with Crippen LogP contribution in [0.4, 0.5) is 5.69 Å². The molecule has 0 amide bonds. The van der Waals surface area contributed by atoms with Gasteiger partial charge < -0.3 is 10.4 Å². The standard InChI is InChI=1S/C10H11NO2/c1-6-5-11-9-4-7(10(12)13)2-3-8(6)9/h2-4,6,11H,5H2,1H3,(H,12,13). The fourth-order valence-corrected chi connectivity index (χ4v) is 1.65. The molecule has 0 aliphatic carbocycles. The van der Waals surface area contributed by atoms with Gasteiger partial charge in [0.15, 0.2) is 0 Å². The van der Waals surface area contributed by atoms with E-state index in [1.165, 1.54) is 5.56 Å². The zero-order valence-corrected chi connectivity index (χ0v) is 7.37. The third-order valence-corrected chi connectivity index (χ3v) is 2.43. The minimum Gasteiger partial charge on any atom is -0.478 e. The number of aromatic carboxylic acids is 1. The van der Waals surface area contributed by atoms with Crippen molar-refractivity contribution in [3.63, 3.8) is 0 Å². The highest BCUT2D eigenvalue weighted by molar-refractivity contribution is 5.89. The molecule has 0 saturated carbocycles. The normalized spacial score (nSPS) is 19.3. The maximum atomic E-state index is 10.7. The third-order valence-electron chi connectivity index (χ3n) is 2.43. The molecule has 0 saturated heterocycles. The lowest BCUT2D eigenvalue weighted by molar-refractivity contribution is 0.0697. The monoisotopic (exact) mass is 177 g/mol. The van der Waals surface area contributed by atoms with Gasteiger partial charge in [-0.2, -0.15) is 0 Å². The second kappa shape index (κ2) is 2.76. The Morgan fingerprint density at radius 2 is 2.38 bits per heavy atom. The number of hydrogen-bond acceptors (Lipinski definition) is 2. The third kappa shape index (κ3) is 1.26. The van der Waals surface area contributed by atoms with Crippen LogP contribution in [0.2, 0.25) is 0 Å². The molecular weight excluding hydrogens is 166 g/mol. The van der Waals surface area contributed by atoms with Gasteiger partial charge in [-0.15, -0.1) is 0 Å². The summed E-state index contributed by atoms with van der Waals surface area (Å²) in [6.07, 6.45) is 0. The molecule has 0 bridgehead atoms. The number of nitrogens with one attached hydrogen (secondary N) is 1. The van der Waals surface area contributed by atoms with E-state index in [2.05, 4.69) is 12.2 Å². The van der Waals surface area contributed by atoms with Crippen LogP contribution in [-0.4, -0.2) is 17.6 Å². The molecule has 68 valence electrons.